The highest BCUT2D eigenvalue weighted by atomic mass is 35.5. The van der Waals surface area contributed by atoms with Crippen LogP contribution in [0.1, 0.15) is 65.9 Å². The maximum Gasteiger partial charge on any atom is 0.341 e. The molecule has 1 amide bonds. The first-order valence-electron chi connectivity index (χ1n) is 12.4. The van der Waals surface area contributed by atoms with Crippen LogP contribution in [-0.4, -0.2) is 30.0 Å². The molecule has 0 unspecified atom stereocenters. The third-order valence-electron chi connectivity index (χ3n) is 6.48. The SMILES string of the molecule is CCOC(=O)c1c(NC(=O)CSC2=C(C#N)[C@@H](c3ccc(Cl)cc3)C(C(C)=O)=C(C)N2)sc2c1CCCC2. The number of anilines is 1. The molecule has 38 heavy (non-hydrogen) atoms. The number of hydrogen-bond acceptors (Lipinski definition) is 8. The minimum absolute atomic E-state index is 0.00830. The zero-order chi connectivity index (χ0) is 27.4. The number of halogens is 1. The van der Waals surface area contributed by atoms with Crippen molar-refractivity contribution in [3.05, 3.63) is 72.7 Å². The van der Waals surface area contributed by atoms with Crippen LogP contribution in [0.2, 0.25) is 5.02 Å². The number of ether oxygens (including phenoxy) is 1. The van der Waals surface area contributed by atoms with Crippen LogP contribution in [0.15, 0.2) is 46.1 Å². The summed E-state index contributed by atoms with van der Waals surface area (Å²) in [5.74, 6) is -1.41. The van der Waals surface area contributed by atoms with Crippen LogP contribution in [-0.2, 0) is 27.2 Å². The summed E-state index contributed by atoms with van der Waals surface area (Å²) in [7, 11) is 0. The highest BCUT2D eigenvalue weighted by Crippen LogP contribution is 2.42. The average molecular weight is 570 g/mol. The number of thioether (sulfide) groups is 1. The second-order valence-corrected chi connectivity index (χ2v) is 11.6. The van der Waals surface area contributed by atoms with Gasteiger partial charge in [-0.25, -0.2) is 4.79 Å². The van der Waals surface area contributed by atoms with Crippen LogP contribution >= 0.6 is 34.7 Å². The fourth-order valence-corrected chi connectivity index (χ4v) is 7.17. The molecule has 2 aliphatic rings. The zero-order valence-corrected chi connectivity index (χ0v) is 23.8. The summed E-state index contributed by atoms with van der Waals surface area (Å²) in [6, 6.07) is 9.31. The molecule has 1 aliphatic heterocycles. The van der Waals surface area contributed by atoms with Gasteiger partial charge < -0.3 is 15.4 Å². The second kappa shape index (κ2) is 12.2. The lowest BCUT2D eigenvalue weighted by atomic mass is 9.81. The number of Topliss-reactive ketones (excluding diaryl/α,β-unsaturated/α-hetero) is 1. The number of aryl methyl sites for hydroxylation is 1. The fraction of sp³-hybridized carbons (Fsp3) is 0.357. The quantitative estimate of drug-likeness (QED) is 0.369. The predicted octanol–water partition coefficient (Wildman–Crippen LogP) is 6.11. The molecule has 0 fully saturated rings. The molecule has 1 aromatic heterocycles. The first-order chi connectivity index (χ1) is 18.2. The monoisotopic (exact) mass is 569 g/mol. The number of carbonyl (C=O) groups is 3. The Bertz CT molecular complexity index is 1390. The molecule has 2 aromatic rings. The van der Waals surface area contributed by atoms with Gasteiger partial charge >= 0.3 is 5.97 Å². The van der Waals surface area contributed by atoms with E-state index in [1.165, 1.54) is 30.0 Å². The average Bonchev–Trinajstić information content (AvgIpc) is 3.25. The van der Waals surface area contributed by atoms with Gasteiger partial charge in [-0.1, -0.05) is 35.5 Å². The number of ketones is 1. The molecule has 1 aromatic carbocycles. The van der Waals surface area contributed by atoms with Crippen LogP contribution in [0.3, 0.4) is 0 Å². The minimum Gasteiger partial charge on any atom is -0.462 e. The number of fused-ring (bicyclic) bond motifs is 1. The predicted molar refractivity (Wildman–Crippen MR) is 151 cm³/mol. The maximum absolute atomic E-state index is 13.0. The van der Waals surface area contributed by atoms with Crippen molar-refractivity contribution in [3.63, 3.8) is 0 Å². The minimum atomic E-state index is -0.569. The lowest BCUT2D eigenvalue weighted by Gasteiger charge is -2.29. The number of nitrogens with one attached hydrogen (secondary N) is 2. The first-order valence-corrected chi connectivity index (χ1v) is 14.6. The topological polar surface area (TPSA) is 108 Å². The summed E-state index contributed by atoms with van der Waals surface area (Å²) in [5, 5.41) is 17.8. The van der Waals surface area contributed by atoms with E-state index in [1.807, 2.05) is 0 Å². The summed E-state index contributed by atoms with van der Waals surface area (Å²) in [6.45, 7) is 5.28. The van der Waals surface area contributed by atoms with Crippen molar-refractivity contribution in [3.8, 4) is 6.07 Å². The Kier molecular flexibility index (Phi) is 8.98. The molecule has 2 N–H and O–H groups in total. The molecule has 4 rings (SSSR count). The van der Waals surface area contributed by atoms with E-state index in [9.17, 15) is 19.6 Å². The number of rotatable bonds is 8. The molecule has 0 radical (unpaired) electrons. The number of nitriles is 1. The molecule has 0 saturated carbocycles. The first kappa shape index (κ1) is 28.0. The van der Waals surface area contributed by atoms with E-state index in [1.54, 1.807) is 38.1 Å². The van der Waals surface area contributed by atoms with Crippen molar-refractivity contribution in [2.75, 3.05) is 17.7 Å². The van der Waals surface area contributed by atoms with Gasteiger partial charge in [0.05, 0.1) is 40.5 Å². The maximum atomic E-state index is 13.0. The van der Waals surface area contributed by atoms with Gasteiger partial charge in [0.25, 0.3) is 0 Å². The zero-order valence-electron chi connectivity index (χ0n) is 21.4. The lowest BCUT2D eigenvalue weighted by Crippen LogP contribution is -2.27. The number of amides is 1. The lowest BCUT2D eigenvalue weighted by molar-refractivity contribution is -0.114. The van der Waals surface area contributed by atoms with Gasteiger partial charge in [-0.05, 0) is 69.7 Å². The van der Waals surface area contributed by atoms with E-state index in [0.717, 1.165) is 41.7 Å². The molecule has 7 nitrogen and oxygen atoms in total. The van der Waals surface area contributed by atoms with Crippen molar-refractivity contribution in [2.24, 2.45) is 0 Å². The van der Waals surface area contributed by atoms with E-state index in [-0.39, 0.29) is 24.1 Å². The van der Waals surface area contributed by atoms with E-state index in [4.69, 9.17) is 16.3 Å². The van der Waals surface area contributed by atoms with Gasteiger partial charge in [0, 0.05) is 21.2 Å². The van der Waals surface area contributed by atoms with Gasteiger partial charge in [-0.15, -0.1) is 11.3 Å². The molecular formula is C28H28ClN3O4S2. The number of hydrogen-bond donors (Lipinski definition) is 2. The van der Waals surface area contributed by atoms with Crippen LogP contribution in [0.5, 0.6) is 0 Å². The third kappa shape index (κ3) is 5.83. The standard InChI is InChI=1S/C28H28ClN3O4S2/c1-4-36-28(35)25-19-7-5-6-8-21(19)38-27(25)32-22(34)14-37-26-20(13-30)24(17-9-11-18(29)12-10-17)23(16(3)33)15(2)31-26/h9-12,24,31H,4-8,14H2,1-3H3,(H,32,34)/t24-/m1/s1. The Morgan fingerprint density at radius 3 is 2.61 bits per heavy atom. The summed E-state index contributed by atoms with van der Waals surface area (Å²) in [5.41, 5.74) is 3.71. The van der Waals surface area contributed by atoms with Crippen LogP contribution in [0.25, 0.3) is 0 Å². The Hall–Kier alpha value is -3.06. The molecule has 2 heterocycles. The Labute approximate surface area is 235 Å². The van der Waals surface area contributed by atoms with Crippen LogP contribution in [0, 0.1) is 11.3 Å². The van der Waals surface area contributed by atoms with Gasteiger partial charge in [0.1, 0.15) is 5.00 Å². The molecule has 1 atom stereocenters. The van der Waals surface area contributed by atoms with Gasteiger partial charge in [-0.2, -0.15) is 5.26 Å². The molecular weight excluding hydrogens is 542 g/mol. The normalized spacial score (nSPS) is 16.9. The van der Waals surface area contributed by atoms with Crippen molar-refractivity contribution >= 4 is 57.4 Å². The van der Waals surface area contributed by atoms with E-state index >= 15 is 0 Å². The second-order valence-electron chi connectivity index (χ2n) is 9.03. The third-order valence-corrected chi connectivity index (χ3v) is 8.96. The highest BCUT2D eigenvalue weighted by molar-refractivity contribution is 8.03. The molecule has 10 heteroatoms. The molecule has 198 valence electrons. The number of benzene rings is 1. The van der Waals surface area contributed by atoms with Crippen molar-refractivity contribution < 1.29 is 19.1 Å². The van der Waals surface area contributed by atoms with Crippen molar-refractivity contribution in [1.29, 1.82) is 5.26 Å². The number of dihydropyridines is 1. The highest BCUT2D eigenvalue weighted by Gasteiger charge is 2.33. The van der Waals surface area contributed by atoms with Crippen molar-refractivity contribution in [2.45, 2.75) is 52.4 Å². The van der Waals surface area contributed by atoms with Crippen LogP contribution < -0.4 is 10.6 Å². The summed E-state index contributed by atoms with van der Waals surface area (Å²) in [4.78, 5) is 39.4. The fourth-order valence-electron chi connectivity index (χ4n) is 4.86. The largest absolute Gasteiger partial charge is 0.462 e. The Balaban J connectivity index is 1.58. The smallest absolute Gasteiger partial charge is 0.341 e. The number of thiophene rings is 1. The summed E-state index contributed by atoms with van der Waals surface area (Å²) >= 11 is 8.69. The van der Waals surface area contributed by atoms with E-state index in [2.05, 4.69) is 16.7 Å². The number of allylic oxidation sites excluding steroid dienone is 3. The number of nitrogens with zero attached hydrogens (tertiary/aromatic N) is 1. The van der Waals surface area contributed by atoms with E-state index < -0.39 is 11.9 Å². The molecule has 0 saturated heterocycles. The Morgan fingerprint density at radius 2 is 1.95 bits per heavy atom. The van der Waals surface area contributed by atoms with Gasteiger partial charge in [-0.3, -0.25) is 9.59 Å². The summed E-state index contributed by atoms with van der Waals surface area (Å²) < 4.78 is 5.28. The van der Waals surface area contributed by atoms with E-state index in [0.29, 0.717) is 37.5 Å². The molecule has 0 spiro atoms. The van der Waals surface area contributed by atoms with Gasteiger partial charge in [0.15, 0.2) is 5.78 Å². The molecule has 1 aliphatic carbocycles. The summed E-state index contributed by atoms with van der Waals surface area (Å²) in [6.07, 6.45) is 3.73. The number of esters is 1. The molecule has 0 bridgehead atoms. The van der Waals surface area contributed by atoms with Crippen molar-refractivity contribution in [1.82, 2.24) is 5.32 Å². The van der Waals surface area contributed by atoms with Gasteiger partial charge in [0.2, 0.25) is 5.91 Å². The van der Waals surface area contributed by atoms with Crippen LogP contribution in [0.4, 0.5) is 5.00 Å². The Morgan fingerprint density at radius 1 is 1.24 bits per heavy atom. The number of carbonyl (C=O) groups excluding carboxylic acids is 3.